The van der Waals surface area contributed by atoms with Crippen LogP contribution >= 0.6 is 22.9 Å². The number of piperidine rings is 1. The number of thiophene rings is 1. The topological polar surface area (TPSA) is 70.7 Å². The Kier molecular flexibility index (Phi) is 8.21. The molecule has 1 aromatic heterocycles. The summed E-state index contributed by atoms with van der Waals surface area (Å²) in [5.74, 6) is 0.349. The number of carbonyl (C=O) groups excluding carboxylic acids is 2. The molecule has 0 aliphatic carbocycles. The maximum Gasteiger partial charge on any atom is 0.265 e. The summed E-state index contributed by atoms with van der Waals surface area (Å²) in [6, 6.07) is 16.6. The summed E-state index contributed by atoms with van der Waals surface area (Å²) in [6.07, 6.45) is 3.55. The van der Waals surface area contributed by atoms with Gasteiger partial charge >= 0.3 is 0 Å². The van der Waals surface area contributed by atoms with E-state index in [1.54, 1.807) is 31.4 Å². The number of amides is 2. The standard InChI is InChI=1S/C26H28ClN3O3S/c1-33-20-10-7-18(8-11-20)23(30-13-3-2-4-14-30)17-28-25(31)19-9-12-21(27)22(16-19)29-26(32)24-6-5-15-34-24/h5-12,15-16,23H,2-4,13-14,17H2,1H3,(H,28,31)(H,29,32)/t23-/m0/s1. The largest absolute Gasteiger partial charge is 0.497 e. The molecule has 2 aromatic carbocycles. The Hall–Kier alpha value is -2.87. The van der Waals surface area contributed by atoms with E-state index in [9.17, 15) is 9.59 Å². The molecule has 8 heteroatoms. The molecule has 4 rings (SSSR count). The third kappa shape index (κ3) is 5.97. The molecule has 2 heterocycles. The first-order valence-electron chi connectivity index (χ1n) is 11.4. The molecule has 1 saturated heterocycles. The van der Waals surface area contributed by atoms with Crippen LogP contribution in [-0.2, 0) is 0 Å². The third-order valence-electron chi connectivity index (χ3n) is 6.01. The molecule has 1 aliphatic heterocycles. The number of halogens is 1. The maximum absolute atomic E-state index is 13.0. The molecule has 6 nitrogen and oxygen atoms in total. The summed E-state index contributed by atoms with van der Waals surface area (Å²) in [5, 5.41) is 8.10. The lowest BCUT2D eigenvalue weighted by atomic mass is 10.0. The summed E-state index contributed by atoms with van der Waals surface area (Å²) in [5.41, 5.74) is 2.00. The van der Waals surface area contributed by atoms with Crippen LogP contribution in [0.5, 0.6) is 5.75 Å². The minimum atomic E-state index is -0.251. The van der Waals surface area contributed by atoms with E-state index in [2.05, 4.69) is 27.7 Å². The Morgan fingerprint density at radius 2 is 1.82 bits per heavy atom. The first-order valence-corrected chi connectivity index (χ1v) is 12.6. The molecule has 1 aliphatic rings. The van der Waals surface area contributed by atoms with E-state index in [1.165, 1.54) is 17.8 Å². The summed E-state index contributed by atoms with van der Waals surface area (Å²) in [6.45, 7) is 2.49. The smallest absolute Gasteiger partial charge is 0.265 e. The SMILES string of the molecule is COc1ccc([C@H](CNC(=O)c2ccc(Cl)c(NC(=O)c3cccs3)c2)N2CCCCC2)cc1. The van der Waals surface area contributed by atoms with Gasteiger partial charge in [-0.25, -0.2) is 0 Å². The number of ether oxygens (including phenoxy) is 1. The quantitative estimate of drug-likeness (QED) is 0.423. The highest BCUT2D eigenvalue weighted by Crippen LogP contribution is 2.27. The predicted molar refractivity (Wildman–Crippen MR) is 137 cm³/mol. The second kappa shape index (κ2) is 11.5. The Balaban J connectivity index is 1.47. The Labute approximate surface area is 208 Å². The first kappa shape index (κ1) is 24.3. The zero-order chi connectivity index (χ0) is 23.9. The van der Waals surface area contributed by atoms with Gasteiger partial charge in [-0.05, 0) is 73.3 Å². The molecule has 2 amide bonds. The average Bonchev–Trinajstić information content (AvgIpc) is 3.42. The van der Waals surface area contributed by atoms with Crippen LogP contribution in [0.1, 0.15) is 50.9 Å². The van der Waals surface area contributed by atoms with Gasteiger partial charge in [-0.2, -0.15) is 0 Å². The normalized spacial score (nSPS) is 14.9. The fraction of sp³-hybridized carbons (Fsp3) is 0.308. The van der Waals surface area contributed by atoms with Gasteiger partial charge in [0.25, 0.3) is 11.8 Å². The van der Waals surface area contributed by atoms with Crippen molar-refractivity contribution in [2.24, 2.45) is 0 Å². The number of anilines is 1. The van der Waals surface area contributed by atoms with Crippen LogP contribution in [0, 0.1) is 0 Å². The van der Waals surface area contributed by atoms with Crippen molar-refractivity contribution in [2.45, 2.75) is 25.3 Å². The molecule has 1 fully saturated rings. The molecular weight excluding hydrogens is 470 g/mol. The van der Waals surface area contributed by atoms with Crippen molar-refractivity contribution >= 4 is 40.4 Å². The van der Waals surface area contributed by atoms with Gasteiger partial charge in [0.1, 0.15) is 5.75 Å². The number of hydrogen-bond acceptors (Lipinski definition) is 5. The monoisotopic (exact) mass is 497 g/mol. The lowest BCUT2D eigenvalue weighted by Gasteiger charge is -2.35. The van der Waals surface area contributed by atoms with E-state index in [0.29, 0.717) is 27.7 Å². The van der Waals surface area contributed by atoms with Gasteiger partial charge in [-0.1, -0.05) is 36.2 Å². The van der Waals surface area contributed by atoms with Crippen LogP contribution < -0.4 is 15.4 Å². The van der Waals surface area contributed by atoms with Gasteiger partial charge in [-0.3, -0.25) is 14.5 Å². The number of benzene rings is 2. The summed E-state index contributed by atoms with van der Waals surface area (Å²) < 4.78 is 5.30. The van der Waals surface area contributed by atoms with E-state index in [1.807, 2.05) is 23.6 Å². The van der Waals surface area contributed by atoms with Crippen molar-refractivity contribution < 1.29 is 14.3 Å². The van der Waals surface area contributed by atoms with E-state index < -0.39 is 0 Å². The maximum atomic E-state index is 13.0. The lowest BCUT2D eigenvalue weighted by Crippen LogP contribution is -2.40. The Bertz CT molecular complexity index is 1110. The van der Waals surface area contributed by atoms with Gasteiger partial charge in [0.15, 0.2) is 0 Å². The van der Waals surface area contributed by atoms with Gasteiger partial charge in [-0.15, -0.1) is 11.3 Å². The number of carbonyl (C=O) groups is 2. The average molecular weight is 498 g/mol. The molecule has 0 spiro atoms. The fourth-order valence-corrected chi connectivity index (χ4v) is 4.94. The van der Waals surface area contributed by atoms with Crippen LogP contribution in [-0.4, -0.2) is 43.5 Å². The number of nitrogens with zero attached hydrogens (tertiary/aromatic N) is 1. The van der Waals surface area contributed by atoms with Gasteiger partial charge in [0.05, 0.1) is 28.7 Å². The molecule has 34 heavy (non-hydrogen) atoms. The van der Waals surface area contributed by atoms with Crippen LogP contribution in [0.4, 0.5) is 5.69 Å². The van der Waals surface area contributed by atoms with Crippen LogP contribution in [0.3, 0.4) is 0 Å². The van der Waals surface area contributed by atoms with E-state index in [-0.39, 0.29) is 17.9 Å². The van der Waals surface area contributed by atoms with Crippen LogP contribution in [0.2, 0.25) is 5.02 Å². The van der Waals surface area contributed by atoms with Crippen LogP contribution in [0.15, 0.2) is 60.0 Å². The van der Waals surface area contributed by atoms with Crippen molar-refractivity contribution in [1.29, 1.82) is 0 Å². The third-order valence-corrected chi connectivity index (χ3v) is 7.21. The summed E-state index contributed by atoms with van der Waals surface area (Å²) in [7, 11) is 1.65. The van der Waals surface area contributed by atoms with Crippen molar-refractivity contribution in [3.8, 4) is 5.75 Å². The summed E-state index contributed by atoms with van der Waals surface area (Å²) >= 11 is 7.62. The molecular formula is C26H28ClN3O3S. The number of rotatable bonds is 8. The van der Waals surface area contributed by atoms with Crippen molar-refractivity contribution in [3.05, 3.63) is 81.0 Å². The molecule has 0 bridgehead atoms. The molecule has 1 atom stereocenters. The molecule has 2 N–H and O–H groups in total. The molecule has 178 valence electrons. The number of nitrogens with one attached hydrogen (secondary N) is 2. The minimum Gasteiger partial charge on any atom is -0.497 e. The van der Waals surface area contributed by atoms with Crippen molar-refractivity contribution in [1.82, 2.24) is 10.2 Å². The molecule has 3 aromatic rings. The van der Waals surface area contributed by atoms with Crippen molar-refractivity contribution in [3.63, 3.8) is 0 Å². The van der Waals surface area contributed by atoms with Gasteiger partial charge < -0.3 is 15.4 Å². The zero-order valence-electron chi connectivity index (χ0n) is 19.1. The predicted octanol–water partition coefficient (Wildman–Crippen LogP) is 5.62. The van der Waals surface area contributed by atoms with Gasteiger partial charge in [0.2, 0.25) is 0 Å². The lowest BCUT2D eigenvalue weighted by molar-refractivity contribution is 0.0923. The molecule has 0 radical (unpaired) electrons. The fourth-order valence-electron chi connectivity index (χ4n) is 4.16. The number of hydrogen-bond donors (Lipinski definition) is 2. The second-order valence-electron chi connectivity index (χ2n) is 8.22. The Morgan fingerprint density at radius 1 is 1.06 bits per heavy atom. The highest BCUT2D eigenvalue weighted by Gasteiger charge is 2.23. The van der Waals surface area contributed by atoms with Crippen LogP contribution in [0.25, 0.3) is 0 Å². The van der Waals surface area contributed by atoms with E-state index in [0.717, 1.165) is 37.2 Å². The second-order valence-corrected chi connectivity index (χ2v) is 9.58. The summed E-state index contributed by atoms with van der Waals surface area (Å²) in [4.78, 5) is 28.5. The molecule has 0 unspecified atom stereocenters. The molecule has 0 saturated carbocycles. The zero-order valence-corrected chi connectivity index (χ0v) is 20.6. The van der Waals surface area contributed by atoms with Crippen molar-refractivity contribution in [2.75, 3.05) is 32.1 Å². The first-order chi connectivity index (χ1) is 16.5. The van der Waals surface area contributed by atoms with Gasteiger partial charge in [0, 0.05) is 12.1 Å². The minimum absolute atomic E-state index is 0.0699. The van der Waals surface area contributed by atoms with E-state index >= 15 is 0 Å². The highest BCUT2D eigenvalue weighted by molar-refractivity contribution is 7.12. The van der Waals surface area contributed by atoms with E-state index in [4.69, 9.17) is 16.3 Å². The number of likely N-dealkylation sites (tertiary alicyclic amines) is 1. The highest BCUT2D eigenvalue weighted by atomic mass is 35.5. The number of methoxy groups -OCH3 is 1. The Morgan fingerprint density at radius 3 is 2.50 bits per heavy atom.